The van der Waals surface area contributed by atoms with Gasteiger partial charge in [-0.15, -0.1) is 0 Å². The Hall–Kier alpha value is -1.95. The quantitative estimate of drug-likeness (QED) is 0.878. The summed E-state index contributed by atoms with van der Waals surface area (Å²) < 4.78 is 0. The standard InChI is InChI=1S/C17H22N6/c1-10-11-3-2-4-12(11)19-15-13(10)14(18)20-16(21-15)22-17-5-7-23(9-17)8-6-17/h2-9H2,1H3,(H3,18,19,20,21,22). The maximum absolute atomic E-state index is 6.28. The molecule has 3 aliphatic rings. The minimum absolute atomic E-state index is 0.131. The van der Waals surface area contributed by atoms with E-state index in [1.165, 1.54) is 36.3 Å². The number of nitrogens with one attached hydrogen (secondary N) is 1. The molecule has 1 aliphatic carbocycles. The molecular weight excluding hydrogens is 288 g/mol. The van der Waals surface area contributed by atoms with Crippen molar-refractivity contribution in [2.75, 3.05) is 30.7 Å². The summed E-state index contributed by atoms with van der Waals surface area (Å²) in [6, 6.07) is 0. The average molecular weight is 310 g/mol. The lowest BCUT2D eigenvalue weighted by Gasteiger charge is -2.26. The van der Waals surface area contributed by atoms with Crippen molar-refractivity contribution in [3.05, 3.63) is 16.8 Å². The molecule has 6 heteroatoms. The van der Waals surface area contributed by atoms with Crippen LogP contribution in [0, 0.1) is 6.92 Å². The van der Waals surface area contributed by atoms with E-state index < -0.39 is 0 Å². The summed E-state index contributed by atoms with van der Waals surface area (Å²) >= 11 is 0. The van der Waals surface area contributed by atoms with Crippen molar-refractivity contribution in [2.45, 2.75) is 44.6 Å². The van der Waals surface area contributed by atoms with Gasteiger partial charge in [0.25, 0.3) is 0 Å². The number of aryl methyl sites for hydroxylation is 2. The first kappa shape index (κ1) is 13.5. The van der Waals surface area contributed by atoms with E-state index in [9.17, 15) is 0 Å². The van der Waals surface area contributed by atoms with Gasteiger partial charge < -0.3 is 16.0 Å². The lowest BCUT2D eigenvalue weighted by molar-refractivity contribution is 0.366. The number of aromatic nitrogens is 3. The first-order chi connectivity index (χ1) is 11.1. The zero-order chi connectivity index (χ0) is 15.6. The van der Waals surface area contributed by atoms with E-state index in [4.69, 9.17) is 15.7 Å². The van der Waals surface area contributed by atoms with E-state index in [2.05, 4.69) is 22.1 Å². The molecule has 5 rings (SSSR count). The van der Waals surface area contributed by atoms with Gasteiger partial charge in [0, 0.05) is 25.3 Å². The van der Waals surface area contributed by atoms with E-state index in [0.29, 0.717) is 11.8 Å². The third kappa shape index (κ3) is 1.94. The lowest BCUT2D eigenvalue weighted by atomic mass is 9.95. The van der Waals surface area contributed by atoms with Crippen LogP contribution >= 0.6 is 0 Å². The monoisotopic (exact) mass is 310 g/mol. The minimum atomic E-state index is 0.131. The van der Waals surface area contributed by atoms with Crippen LogP contribution in [-0.2, 0) is 12.8 Å². The van der Waals surface area contributed by atoms with Gasteiger partial charge in [-0.2, -0.15) is 9.97 Å². The second-order valence-electron chi connectivity index (χ2n) is 7.33. The second kappa shape index (κ2) is 4.54. The number of nitrogens with zero attached hydrogens (tertiary/aromatic N) is 4. The fourth-order valence-corrected chi connectivity index (χ4v) is 4.62. The Labute approximate surface area is 135 Å². The van der Waals surface area contributed by atoms with Crippen LogP contribution in [0.15, 0.2) is 0 Å². The molecule has 0 aromatic carbocycles. The fourth-order valence-electron chi connectivity index (χ4n) is 4.62. The molecule has 0 saturated carbocycles. The summed E-state index contributed by atoms with van der Waals surface area (Å²) in [7, 11) is 0. The highest BCUT2D eigenvalue weighted by atomic mass is 15.3. The van der Waals surface area contributed by atoms with Crippen molar-refractivity contribution in [1.82, 2.24) is 19.9 Å². The SMILES string of the molecule is Cc1c2c(nc3nc(NC45CCN(CC4)C5)nc(N)c13)CCC2. The first-order valence-electron chi connectivity index (χ1n) is 8.60. The third-order valence-corrected chi connectivity index (χ3v) is 5.89. The number of hydrogen-bond acceptors (Lipinski definition) is 6. The third-order valence-electron chi connectivity index (χ3n) is 5.89. The van der Waals surface area contributed by atoms with Gasteiger partial charge in [-0.05, 0) is 50.2 Å². The molecule has 2 aromatic heterocycles. The number of piperidine rings is 1. The van der Waals surface area contributed by atoms with Crippen LogP contribution in [0.1, 0.15) is 36.1 Å². The fraction of sp³-hybridized carbons (Fsp3) is 0.588. The van der Waals surface area contributed by atoms with Crippen LogP contribution in [0.3, 0.4) is 0 Å². The lowest BCUT2D eigenvalue weighted by Crippen LogP contribution is -2.37. The summed E-state index contributed by atoms with van der Waals surface area (Å²) in [6.07, 6.45) is 5.65. The Kier molecular flexibility index (Phi) is 2.66. The van der Waals surface area contributed by atoms with Crippen molar-refractivity contribution in [3.63, 3.8) is 0 Å². The summed E-state index contributed by atoms with van der Waals surface area (Å²) in [5.41, 5.74) is 10.9. The topological polar surface area (TPSA) is 80.0 Å². The summed E-state index contributed by atoms with van der Waals surface area (Å²) in [5.74, 6) is 1.20. The van der Waals surface area contributed by atoms with Crippen LogP contribution < -0.4 is 11.1 Å². The van der Waals surface area contributed by atoms with Crippen molar-refractivity contribution in [1.29, 1.82) is 0 Å². The van der Waals surface area contributed by atoms with Gasteiger partial charge in [0.1, 0.15) is 5.82 Å². The number of nitrogen functional groups attached to an aromatic ring is 1. The predicted molar refractivity (Wildman–Crippen MR) is 90.5 cm³/mol. The molecule has 120 valence electrons. The van der Waals surface area contributed by atoms with Crippen LogP contribution in [0.2, 0.25) is 0 Å². The molecule has 0 atom stereocenters. The molecule has 2 fully saturated rings. The normalized spacial score (nSPS) is 28.5. The van der Waals surface area contributed by atoms with E-state index in [1.54, 1.807) is 0 Å². The number of pyridine rings is 1. The maximum atomic E-state index is 6.28. The number of hydrogen-bond donors (Lipinski definition) is 2. The second-order valence-corrected chi connectivity index (χ2v) is 7.33. The summed E-state index contributed by atoms with van der Waals surface area (Å²) in [5, 5.41) is 4.52. The van der Waals surface area contributed by atoms with Gasteiger partial charge in [-0.25, -0.2) is 4.98 Å². The molecule has 2 aromatic rings. The van der Waals surface area contributed by atoms with E-state index in [1.807, 2.05) is 0 Å². The van der Waals surface area contributed by atoms with Crippen LogP contribution in [0.5, 0.6) is 0 Å². The van der Waals surface area contributed by atoms with E-state index in [0.717, 1.165) is 43.3 Å². The van der Waals surface area contributed by atoms with E-state index >= 15 is 0 Å². The Balaban J connectivity index is 1.60. The molecule has 6 nitrogen and oxygen atoms in total. The molecule has 0 unspecified atom stereocenters. The molecule has 0 radical (unpaired) electrons. The largest absolute Gasteiger partial charge is 0.383 e. The molecular formula is C17H22N6. The Morgan fingerprint density at radius 3 is 2.70 bits per heavy atom. The predicted octanol–water partition coefficient (Wildman–Crippen LogP) is 1.66. The number of rotatable bonds is 2. The summed E-state index contributed by atoms with van der Waals surface area (Å²) in [4.78, 5) is 16.6. The molecule has 0 amide bonds. The average Bonchev–Trinajstić information content (AvgIpc) is 3.21. The summed E-state index contributed by atoms with van der Waals surface area (Å²) in [6.45, 7) is 5.55. The molecule has 0 spiro atoms. The molecule has 2 saturated heterocycles. The van der Waals surface area contributed by atoms with Crippen molar-refractivity contribution < 1.29 is 0 Å². The van der Waals surface area contributed by atoms with Gasteiger partial charge >= 0.3 is 0 Å². The molecule has 23 heavy (non-hydrogen) atoms. The Morgan fingerprint density at radius 2 is 1.96 bits per heavy atom. The van der Waals surface area contributed by atoms with Crippen molar-refractivity contribution in [3.8, 4) is 0 Å². The first-order valence-corrected chi connectivity index (χ1v) is 8.60. The zero-order valence-corrected chi connectivity index (χ0v) is 13.5. The zero-order valence-electron chi connectivity index (χ0n) is 13.5. The van der Waals surface area contributed by atoms with Crippen molar-refractivity contribution in [2.24, 2.45) is 0 Å². The van der Waals surface area contributed by atoms with Crippen LogP contribution in [0.4, 0.5) is 11.8 Å². The highest BCUT2D eigenvalue weighted by molar-refractivity contribution is 5.90. The molecule has 2 bridgehead atoms. The number of anilines is 2. The molecule has 4 heterocycles. The maximum Gasteiger partial charge on any atom is 0.227 e. The minimum Gasteiger partial charge on any atom is -0.383 e. The molecule has 2 aliphatic heterocycles. The number of nitrogens with two attached hydrogens (primary N) is 1. The molecule has 3 N–H and O–H groups in total. The van der Waals surface area contributed by atoms with Gasteiger partial charge in [0.2, 0.25) is 5.95 Å². The van der Waals surface area contributed by atoms with Gasteiger partial charge in [-0.3, -0.25) is 0 Å². The van der Waals surface area contributed by atoms with Crippen LogP contribution in [-0.4, -0.2) is 45.0 Å². The highest BCUT2D eigenvalue weighted by Crippen LogP contribution is 2.36. The Morgan fingerprint density at radius 1 is 1.13 bits per heavy atom. The van der Waals surface area contributed by atoms with Crippen LogP contribution in [0.25, 0.3) is 11.0 Å². The van der Waals surface area contributed by atoms with Gasteiger partial charge in [0.05, 0.1) is 10.9 Å². The van der Waals surface area contributed by atoms with Gasteiger partial charge in [-0.1, -0.05) is 0 Å². The smallest absolute Gasteiger partial charge is 0.227 e. The van der Waals surface area contributed by atoms with E-state index in [-0.39, 0.29) is 5.54 Å². The van der Waals surface area contributed by atoms with Gasteiger partial charge in [0.15, 0.2) is 5.65 Å². The van der Waals surface area contributed by atoms with Crippen molar-refractivity contribution >= 4 is 22.8 Å². The Bertz CT molecular complexity index is 807. The number of fused-ring (bicyclic) bond motifs is 4. The highest BCUT2D eigenvalue weighted by Gasteiger charge is 2.44.